The van der Waals surface area contributed by atoms with Gasteiger partial charge in [0.1, 0.15) is 5.60 Å². The molecule has 1 fully saturated rings. The van der Waals surface area contributed by atoms with Crippen LogP contribution in [0.25, 0.3) is 0 Å². The fraction of sp³-hybridized carbons (Fsp3) is 0.812. The molecule has 124 valence electrons. The predicted octanol–water partition coefficient (Wildman–Crippen LogP) is 3.35. The number of piperidine rings is 1. The summed E-state index contributed by atoms with van der Waals surface area (Å²) in [7, 11) is 0. The summed E-state index contributed by atoms with van der Waals surface area (Å²) in [6, 6.07) is 0. The van der Waals surface area contributed by atoms with Gasteiger partial charge in [-0.1, -0.05) is 0 Å². The third kappa shape index (κ3) is 5.31. The van der Waals surface area contributed by atoms with Crippen LogP contribution < -0.4 is 0 Å². The van der Waals surface area contributed by atoms with Gasteiger partial charge in [0.15, 0.2) is 0 Å². The van der Waals surface area contributed by atoms with Gasteiger partial charge >= 0.3 is 6.09 Å². The van der Waals surface area contributed by atoms with Crippen molar-refractivity contribution in [1.29, 1.82) is 0 Å². The number of likely N-dealkylation sites (tertiary alicyclic amines) is 1. The number of amides is 1. The molecule has 0 aliphatic carbocycles. The molecule has 2 heterocycles. The fourth-order valence-electron chi connectivity index (χ4n) is 2.71. The highest BCUT2D eigenvalue weighted by Crippen LogP contribution is 2.24. The van der Waals surface area contributed by atoms with E-state index < -0.39 is 5.60 Å². The van der Waals surface area contributed by atoms with Gasteiger partial charge in [0.05, 0.1) is 0 Å². The van der Waals surface area contributed by atoms with Crippen LogP contribution in [0.3, 0.4) is 0 Å². The minimum absolute atomic E-state index is 0.188. The Morgan fingerprint density at radius 2 is 2.00 bits per heavy atom. The number of carbonyl (C=O) groups is 1. The van der Waals surface area contributed by atoms with E-state index in [0.29, 0.717) is 11.8 Å². The van der Waals surface area contributed by atoms with E-state index in [0.717, 1.165) is 51.1 Å². The average Bonchev–Trinajstić information content (AvgIpc) is 2.83. The number of aryl methyl sites for hydroxylation is 2. The van der Waals surface area contributed by atoms with E-state index in [-0.39, 0.29) is 6.09 Å². The maximum atomic E-state index is 12.0. The summed E-state index contributed by atoms with van der Waals surface area (Å²) >= 11 is 0. The molecule has 0 radical (unpaired) electrons. The third-order valence-electron chi connectivity index (χ3n) is 3.84. The van der Waals surface area contributed by atoms with Gasteiger partial charge in [-0.15, -0.1) is 10.2 Å². The second-order valence-electron chi connectivity index (χ2n) is 7.02. The molecule has 0 aromatic carbocycles. The van der Waals surface area contributed by atoms with Gasteiger partial charge in [-0.2, -0.15) is 0 Å². The predicted molar refractivity (Wildman–Crippen MR) is 82.5 cm³/mol. The van der Waals surface area contributed by atoms with Crippen LogP contribution in [0.5, 0.6) is 0 Å². The first kappa shape index (κ1) is 16.8. The van der Waals surface area contributed by atoms with Crippen LogP contribution in [0.1, 0.15) is 58.2 Å². The Balaban J connectivity index is 1.65. The molecule has 0 N–H and O–H groups in total. The van der Waals surface area contributed by atoms with Crippen molar-refractivity contribution in [2.75, 3.05) is 13.1 Å². The Morgan fingerprint density at radius 3 is 2.55 bits per heavy atom. The lowest BCUT2D eigenvalue weighted by Gasteiger charge is -2.33. The Kier molecular flexibility index (Phi) is 5.42. The molecule has 6 nitrogen and oxygen atoms in total. The van der Waals surface area contributed by atoms with E-state index in [1.165, 1.54) is 0 Å². The lowest BCUT2D eigenvalue weighted by atomic mass is 9.92. The molecule has 1 aliphatic rings. The number of carbonyl (C=O) groups excluding carboxylic acids is 1. The maximum absolute atomic E-state index is 12.0. The Labute approximate surface area is 132 Å². The standard InChI is InChI=1S/C16H27N3O3/c1-12-17-18-14(21-12)7-5-6-13-8-10-19(11-9-13)15(20)22-16(2,3)4/h13H,5-11H2,1-4H3. The van der Waals surface area contributed by atoms with Crippen molar-refractivity contribution < 1.29 is 13.9 Å². The summed E-state index contributed by atoms with van der Waals surface area (Å²) in [6.45, 7) is 9.09. The van der Waals surface area contributed by atoms with Crippen LogP contribution in [-0.2, 0) is 11.2 Å². The number of aromatic nitrogens is 2. The molecule has 1 amide bonds. The van der Waals surface area contributed by atoms with Crippen molar-refractivity contribution >= 4 is 6.09 Å². The van der Waals surface area contributed by atoms with E-state index in [1.54, 1.807) is 0 Å². The van der Waals surface area contributed by atoms with Gasteiger partial charge in [-0.25, -0.2) is 4.79 Å². The van der Waals surface area contributed by atoms with Crippen LogP contribution in [-0.4, -0.2) is 39.9 Å². The smallest absolute Gasteiger partial charge is 0.410 e. The molecule has 0 bridgehead atoms. The number of hydrogen-bond donors (Lipinski definition) is 0. The molecule has 0 spiro atoms. The topological polar surface area (TPSA) is 68.5 Å². The number of ether oxygens (including phenoxy) is 1. The molecule has 1 saturated heterocycles. The van der Waals surface area contributed by atoms with Crippen molar-refractivity contribution in [3.8, 4) is 0 Å². The molecule has 0 saturated carbocycles. The van der Waals surface area contributed by atoms with Crippen molar-refractivity contribution in [1.82, 2.24) is 15.1 Å². The van der Waals surface area contributed by atoms with Gasteiger partial charge in [0.2, 0.25) is 11.8 Å². The largest absolute Gasteiger partial charge is 0.444 e. The van der Waals surface area contributed by atoms with Crippen LogP contribution in [0, 0.1) is 12.8 Å². The van der Waals surface area contributed by atoms with E-state index >= 15 is 0 Å². The second-order valence-corrected chi connectivity index (χ2v) is 7.02. The second kappa shape index (κ2) is 7.11. The normalized spacial score (nSPS) is 16.8. The lowest BCUT2D eigenvalue weighted by Crippen LogP contribution is -2.41. The van der Waals surface area contributed by atoms with Crippen LogP contribution >= 0.6 is 0 Å². The van der Waals surface area contributed by atoms with Gasteiger partial charge < -0.3 is 14.1 Å². The quantitative estimate of drug-likeness (QED) is 0.853. The number of nitrogens with zero attached hydrogens (tertiary/aromatic N) is 3. The molecule has 1 aliphatic heterocycles. The molecule has 0 unspecified atom stereocenters. The zero-order valence-electron chi connectivity index (χ0n) is 14.1. The summed E-state index contributed by atoms with van der Waals surface area (Å²) in [6.07, 6.45) is 4.94. The Hall–Kier alpha value is -1.59. The zero-order chi connectivity index (χ0) is 16.2. The minimum Gasteiger partial charge on any atom is -0.444 e. The first-order chi connectivity index (χ1) is 10.3. The lowest BCUT2D eigenvalue weighted by molar-refractivity contribution is 0.0180. The first-order valence-electron chi connectivity index (χ1n) is 8.10. The van der Waals surface area contributed by atoms with Crippen LogP contribution in [0.4, 0.5) is 4.79 Å². The van der Waals surface area contributed by atoms with Crippen molar-refractivity contribution in [3.05, 3.63) is 11.8 Å². The molecule has 1 aromatic heterocycles. The first-order valence-corrected chi connectivity index (χ1v) is 8.10. The van der Waals surface area contributed by atoms with Crippen LogP contribution in [0.2, 0.25) is 0 Å². The van der Waals surface area contributed by atoms with E-state index in [2.05, 4.69) is 10.2 Å². The van der Waals surface area contributed by atoms with Crippen molar-refractivity contribution in [2.24, 2.45) is 5.92 Å². The average molecular weight is 309 g/mol. The minimum atomic E-state index is -0.420. The monoisotopic (exact) mass is 309 g/mol. The highest BCUT2D eigenvalue weighted by molar-refractivity contribution is 5.68. The van der Waals surface area contributed by atoms with E-state index in [4.69, 9.17) is 9.15 Å². The molecule has 1 aromatic rings. The maximum Gasteiger partial charge on any atom is 0.410 e. The van der Waals surface area contributed by atoms with Gasteiger partial charge in [0, 0.05) is 26.4 Å². The molecule has 2 rings (SSSR count). The fourth-order valence-corrected chi connectivity index (χ4v) is 2.71. The van der Waals surface area contributed by atoms with E-state index in [9.17, 15) is 4.79 Å². The highest BCUT2D eigenvalue weighted by Gasteiger charge is 2.26. The summed E-state index contributed by atoms with van der Waals surface area (Å²) in [5.74, 6) is 2.02. The zero-order valence-corrected chi connectivity index (χ0v) is 14.1. The van der Waals surface area contributed by atoms with E-state index in [1.807, 2.05) is 32.6 Å². The Morgan fingerprint density at radius 1 is 1.32 bits per heavy atom. The van der Waals surface area contributed by atoms with Gasteiger partial charge in [-0.3, -0.25) is 0 Å². The van der Waals surface area contributed by atoms with Gasteiger partial charge in [0.25, 0.3) is 0 Å². The third-order valence-corrected chi connectivity index (χ3v) is 3.84. The highest BCUT2D eigenvalue weighted by atomic mass is 16.6. The van der Waals surface area contributed by atoms with Crippen LogP contribution in [0.15, 0.2) is 4.42 Å². The summed E-state index contributed by atoms with van der Waals surface area (Å²) < 4.78 is 10.8. The summed E-state index contributed by atoms with van der Waals surface area (Å²) in [5, 5.41) is 7.85. The summed E-state index contributed by atoms with van der Waals surface area (Å²) in [5.41, 5.74) is -0.420. The van der Waals surface area contributed by atoms with Crippen molar-refractivity contribution in [2.45, 2.75) is 65.4 Å². The van der Waals surface area contributed by atoms with Crippen molar-refractivity contribution in [3.63, 3.8) is 0 Å². The number of hydrogen-bond acceptors (Lipinski definition) is 5. The molecule has 6 heteroatoms. The SMILES string of the molecule is Cc1nnc(CCCC2CCN(C(=O)OC(C)(C)C)CC2)o1. The molecule has 22 heavy (non-hydrogen) atoms. The molecule has 0 atom stereocenters. The molecular formula is C16H27N3O3. The molecular weight excluding hydrogens is 282 g/mol. The summed E-state index contributed by atoms with van der Waals surface area (Å²) in [4.78, 5) is 13.8. The number of rotatable bonds is 4. The Bertz CT molecular complexity index is 485. The van der Waals surface area contributed by atoms with Gasteiger partial charge in [-0.05, 0) is 52.4 Å².